The molecule has 1 fully saturated rings. The van der Waals surface area contributed by atoms with Gasteiger partial charge in [-0.1, -0.05) is 0 Å². The SMILES string of the molecule is COC(=O)C(C)Nc1nc(NN)nc(N2CCOCC2)n1. The number of nitrogen functional groups attached to an aromatic ring is 1. The fraction of sp³-hybridized carbons (Fsp3) is 0.636. The van der Waals surface area contributed by atoms with Gasteiger partial charge in [-0.3, -0.25) is 5.43 Å². The van der Waals surface area contributed by atoms with Crippen molar-refractivity contribution >= 4 is 23.8 Å². The zero-order valence-electron chi connectivity index (χ0n) is 12.0. The van der Waals surface area contributed by atoms with Crippen molar-refractivity contribution in [3.63, 3.8) is 0 Å². The third-order valence-electron chi connectivity index (χ3n) is 2.95. The van der Waals surface area contributed by atoms with Gasteiger partial charge in [-0.05, 0) is 6.92 Å². The largest absolute Gasteiger partial charge is 0.467 e. The van der Waals surface area contributed by atoms with E-state index in [9.17, 15) is 4.79 Å². The van der Waals surface area contributed by atoms with Crippen LogP contribution >= 0.6 is 0 Å². The number of anilines is 3. The van der Waals surface area contributed by atoms with E-state index in [-0.39, 0.29) is 11.9 Å². The minimum Gasteiger partial charge on any atom is -0.467 e. The molecule has 10 heteroatoms. The summed E-state index contributed by atoms with van der Waals surface area (Å²) in [4.78, 5) is 26.0. The molecule has 21 heavy (non-hydrogen) atoms. The van der Waals surface area contributed by atoms with Crippen molar-refractivity contribution in [1.82, 2.24) is 15.0 Å². The van der Waals surface area contributed by atoms with Crippen LogP contribution in [0.15, 0.2) is 0 Å². The molecule has 1 atom stereocenters. The van der Waals surface area contributed by atoms with Crippen LogP contribution in [-0.2, 0) is 14.3 Å². The Morgan fingerprint density at radius 2 is 2.00 bits per heavy atom. The fourth-order valence-corrected chi connectivity index (χ4v) is 1.83. The summed E-state index contributed by atoms with van der Waals surface area (Å²) in [7, 11) is 1.32. The van der Waals surface area contributed by atoms with E-state index in [0.717, 1.165) is 0 Å². The summed E-state index contributed by atoms with van der Waals surface area (Å²) in [6, 6.07) is -0.583. The number of morpholine rings is 1. The lowest BCUT2D eigenvalue weighted by molar-refractivity contribution is -0.141. The monoisotopic (exact) mass is 297 g/mol. The van der Waals surface area contributed by atoms with Gasteiger partial charge in [0, 0.05) is 13.1 Å². The van der Waals surface area contributed by atoms with E-state index in [1.54, 1.807) is 6.92 Å². The maximum Gasteiger partial charge on any atom is 0.328 e. The quantitative estimate of drug-likeness (QED) is 0.352. The minimum atomic E-state index is -0.583. The smallest absolute Gasteiger partial charge is 0.328 e. The van der Waals surface area contributed by atoms with Gasteiger partial charge >= 0.3 is 5.97 Å². The van der Waals surface area contributed by atoms with E-state index in [2.05, 4.69) is 30.4 Å². The molecule has 10 nitrogen and oxygen atoms in total. The number of methoxy groups -OCH3 is 1. The summed E-state index contributed by atoms with van der Waals surface area (Å²) in [5.41, 5.74) is 2.39. The van der Waals surface area contributed by atoms with Gasteiger partial charge in [0.2, 0.25) is 17.8 Å². The number of carbonyl (C=O) groups excluding carboxylic acids is 1. The first-order valence-corrected chi connectivity index (χ1v) is 6.53. The van der Waals surface area contributed by atoms with Crippen molar-refractivity contribution in [3.05, 3.63) is 0 Å². The molecule has 4 N–H and O–H groups in total. The van der Waals surface area contributed by atoms with Gasteiger partial charge in [-0.15, -0.1) is 0 Å². The highest BCUT2D eigenvalue weighted by Gasteiger charge is 2.19. The number of carbonyl (C=O) groups is 1. The number of hydrazine groups is 1. The van der Waals surface area contributed by atoms with Gasteiger partial charge in [0.25, 0.3) is 0 Å². The molecule has 0 aromatic carbocycles. The first kappa shape index (κ1) is 15.2. The second-order valence-corrected chi connectivity index (χ2v) is 4.42. The molecule has 0 amide bonds. The van der Waals surface area contributed by atoms with Gasteiger partial charge in [-0.25, -0.2) is 10.6 Å². The molecule has 2 rings (SSSR count). The number of nitrogens with zero attached hydrogens (tertiary/aromatic N) is 4. The summed E-state index contributed by atoms with van der Waals surface area (Å²) in [6.07, 6.45) is 0. The topological polar surface area (TPSA) is 128 Å². The Morgan fingerprint density at radius 1 is 1.33 bits per heavy atom. The second kappa shape index (κ2) is 6.99. The van der Waals surface area contributed by atoms with Gasteiger partial charge in [0.15, 0.2) is 0 Å². The van der Waals surface area contributed by atoms with E-state index < -0.39 is 12.0 Å². The Balaban J connectivity index is 2.18. The van der Waals surface area contributed by atoms with Crippen molar-refractivity contribution in [2.24, 2.45) is 5.84 Å². The second-order valence-electron chi connectivity index (χ2n) is 4.42. The lowest BCUT2D eigenvalue weighted by Crippen LogP contribution is -2.38. The Hall–Kier alpha value is -2.20. The van der Waals surface area contributed by atoms with Crippen LogP contribution in [0.3, 0.4) is 0 Å². The molecule has 116 valence electrons. The van der Waals surface area contributed by atoms with Crippen molar-refractivity contribution in [1.29, 1.82) is 0 Å². The van der Waals surface area contributed by atoms with Crippen LogP contribution in [0.4, 0.5) is 17.8 Å². The lowest BCUT2D eigenvalue weighted by atomic mass is 10.3. The summed E-state index contributed by atoms with van der Waals surface area (Å²) in [5, 5.41) is 2.86. The third kappa shape index (κ3) is 3.89. The summed E-state index contributed by atoms with van der Waals surface area (Å²) >= 11 is 0. The van der Waals surface area contributed by atoms with Crippen molar-refractivity contribution in [3.8, 4) is 0 Å². The first-order chi connectivity index (χ1) is 10.1. The number of esters is 1. The molecule has 0 spiro atoms. The molecular formula is C11H19N7O3. The molecule has 1 saturated heterocycles. The van der Waals surface area contributed by atoms with E-state index in [1.165, 1.54) is 7.11 Å². The van der Waals surface area contributed by atoms with Crippen LogP contribution in [0.2, 0.25) is 0 Å². The van der Waals surface area contributed by atoms with E-state index in [0.29, 0.717) is 32.3 Å². The number of hydrogen-bond acceptors (Lipinski definition) is 10. The minimum absolute atomic E-state index is 0.214. The number of hydrogen-bond donors (Lipinski definition) is 3. The average Bonchev–Trinajstić information content (AvgIpc) is 2.54. The number of aromatic nitrogens is 3. The van der Waals surface area contributed by atoms with Crippen LogP contribution in [0.25, 0.3) is 0 Å². The molecular weight excluding hydrogens is 278 g/mol. The van der Waals surface area contributed by atoms with E-state index in [4.69, 9.17) is 10.6 Å². The van der Waals surface area contributed by atoms with Crippen molar-refractivity contribution in [2.75, 3.05) is 49.1 Å². The van der Waals surface area contributed by atoms with Gasteiger partial charge in [-0.2, -0.15) is 15.0 Å². The molecule has 0 aliphatic carbocycles. The molecule has 1 aliphatic rings. The molecule has 1 unspecified atom stereocenters. The summed E-state index contributed by atoms with van der Waals surface area (Å²) < 4.78 is 9.94. The van der Waals surface area contributed by atoms with Gasteiger partial charge < -0.3 is 19.7 Å². The average molecular weight is 297 g/mol. The third-order valence-corrected chi connectivity index (χ3v) is 2.95. The lowest BCUT2D eigenvalue weighted by Gasteiger charge is -2.27. The standard InChI is InChI=1S/C11H19N7O3/c1-7(8(19)20-2)13-9-14-10(17-12)16-11(15-9)18-3-5-21-6-4-18/h7H,3-6,12H2,1-2H3,(H2,13,14,15,16,17). The fourth-order valence-electron chi connectivity index (χ4n) is 1.83. The predicted molar refractivity (Wildman–Crippen MR) is 75.8 cm³/mol. The molecule has 0 radical (unpaired) electrons. The number of rotatable bonds is 5. The maximum atomic E-state index is 11.4. The predicted octanol–water partition coefficient (Wildman–Crippen LogP) is -1.03. The zero-order valence-corrected chi connectivity index (χ0v) is 12.0. The van der Waals surface area contributed by atoms with Crippen molar-refractivity contribution < 1.29 is 14.3 Å². The van der Waals surface area contributed by atoms with Crippen molar-refractivity contribution in [2.45, 2.75) is 13.0 Å². The number of nitrogens with two attached hydrogens (primary N) is 1. The Morgan fingerprint density at radius 3 is 2.62 bits per heavy atom. The Kier molecular flexibility index (Phi) is 5.06. The molecule has 0 bridgehead atoms. The van der Waals surface area contributed by atoms with Crippen LogP contribution in [-0.4, -0.2) is 60.4 Å². The molecule has 1 aliphatic heterocycles. The molecule has 1 aromatic heterocycles. The van der Waals surface area contributed by atoms with E-state index >= 15 is 0 Å². The maximum absolute atomic E-state index is 11.4. The number of ether oxygens (including phenoxy) is 2. The van der Waals surface area contributed by atoms with E-state index in [1.807, 2.05) is 4.90 Å². The molecule has 0 saturated carbocycles. The highest BCUT2D eigenvalue weighted by atomic mass is 16.5. The van der Waals surface area contributed by atoms with Gasteiger partial charge in [0.1, 0.15) is 6.04 Å². The van der Waals surface area contributed by atoms with Gasteiger partial charge in [0.05, 0.1) is 20.3 Å². The van der Waals surface area contributed by atoms with Crippen LogP contribution in [0.5, 0.6) is 0 Å². The van der Waals surface area contributed by atoms with Crippen LogP contribution in [0, 0.1) is 0 Å². The summed E-state index contributed by atoms with van der Waals surface area (Å²) in [6.45, 7) is 4.23. The molecule has 1 aromatic rings. The Labute approximate surface area is 122 Å². The summed E-state index contributed by atoms with van der Waals surface area (Å²) in [5.74, 6) is 5.89. The highest BCUT2D eigenvalue weighted by Crippen LogP contribution is 2.15. The molecule has 2 heterocycles. The normalized spacial score (nSPS) is 16.2. The Bertz CT molecular complexity index is 493. The number of nitrogens with one attached hydrogen (secondary N) is 2. The highest BCUT2D eigenvalue weighted by molar-refractivity contribution is 5.78. The zero-order chi connectivity index (χ0) is 15.2. The first-order valence-electron chi connectivity index (χ1n) is 6.53. The van der Waals surface area contributed by atoms with Crippen LogP contribution in [0.1, 0.15) is 6.92 Å². The van der Waals surface area contributed by atoms with Crippen LogP contribution < -0.4 is 21.5 Å².